The van der Waals surface area contributed by atoms with Gasteiger partial charge in [0.05, 0.1) is 0 Å². The predicted octanol–water partition coefficient (Wildman–Crippen LogP) is 5.48. The number of halogens is 1. The highest BCUT2D eigenvalue weighted by atomic mass is 35.5. The monoisotopic (exact) mass is 313 g/mol. The van der Waals surface area contributed by atoms with Gasteiger partial charge in [-0.2, -0.15) is 0 Å². The molecule has 2 atom stereocenters. The van der Waals surface area contributed by atoms with Crippen molar-refractivity contribution in [2.45, 2.75) is 44.6 Å². The summed E-state index contributed by atoms with van der Waals surface area (Å²) in [6.07, 6.45) is 4.54. The molecule has 22 heavy (non-hydrogen) atoms. The van der Waals surface area contributed by atoms with Crippen LogP contribution in [0.1, 0.15) is 60.4 Å². The van der Waals surface area contributed by atoms with Crippen LogP contribution in [-0.2, 0) is 6.42 Å². The standard InChI is InChI=1S/C20H24ClN/c1-3-6-14-9-10-15(13-19(14)21)16-11-12-20(22-2)18-8-5-4-7-17(16)18/h4-5,7-10,13,16,20,22H,3,6,11-12H2,1-2H3. The van der Waals surface area contributed by atoms with Crippen molar-refractivity contribution in [2.24, 2.45) is 0 Å². The van der Waals surface area contributed by atoms with E-state index in [1.54, 1.807) is 0 Å². The Morgan fingerprint density at radius 2 is 1.86 bits per heavy atom. The van der Waals surface area contributed by atoms with Gasteiger partial charge >= 0.3 is 0 Å². The number of benzene rings is 2. The first kappa shape index (κ1) is 15.6. The summed E-state index contributed by atoms with van der Waals surface area (Å²) in [4.78, 5) is 0. The molecule has 2 unspecified atom stereocenters. The summed E-state index contributed by atoms with van der Waals surface area (Å²) in [6.45, 7) is 2.19. The minimum absolute atomic E-state index is 0.467. The Labute approximate surface area is 138 Å². The van der Waals surface area contributed by atoms with E-state index in [0.29, 0.717) is 12.0 Å². The van der Waals surface area contributed by atoms with Crippen molar-refractivity contribution in [1.29, 1.82) is 0 Å². The zero-order valence-corrected chi connectivity index (χ0v) is 14.2. The Balaban J connectivity index is 1.97. The Morgan fingerprint density at radius 3 is 2.55 bits per heavy atom. The summed E-state index contributed by atoms with van der Waals surface area (Å²) < 4.78 is 0. The molecule has 2 aromatic carbocycles. The molecule has 0 heterocycles. The van der Waals surface area contributed by atoms with Crippen LogP contribution in [0.5, 0.6) is 0 Å². The lowest BCUT2D eigenvalue weighted by atomic mass is 9.76. The van der Waals surface area contributed by atoms with Crippen molar-refractivity contribution in [1.82, 2.24) is 5.32 Å². The molecule has 0 bridgehead atoms. The summed E-state index contributed by atoms with van der Waals surface area (Å²) in [7, 11) is 2.05. The lowest BCUT2D eigenvalue weighted by molar-refractivity contribution is 0.471. The maximum absolute atomic E-state index is 6.50. The number of rotatable bonds is 4. The van der Waals surface area contributed by atoms with Gasteiger partial charge in [-0.05, 0) is 54.6 Å². The summed E-state index contributed by atoms with van der Waals surface area (Å²) in [6, 6.07) is 16.0. The van der Waals surface area contributed by atoms with Gasteiger partial charge in [0.1, 0.15) is 0 Å². The van der Waals surface area contributed by atoms with E-state index in [1.165, 1.54) is 35.1 Å². The Hall–Kier alpha value is -1.31. The second-order valence-electron chi connectivity index (χ2n) is 6.20. The predicted molar refractivity (Wildman–Crippen MR) is 94.8 cm³/mol. The third-order valence-electron chi connectivity index (χ3n) is 4.84. The maximum atomic E-state index is 6.50. The Kier molecular flexibility index (Phi) is 4.85. The van der Waals surface area contributed by atoms with Crippen molar-refractivity contribution in [3.8, 4) is 0 Å². The SMILES string of the molecule is CCCc1ccc(C2CCC(NC)c3ccccc32)cc1Cl. The van der Waals surface area contributed by atoms with Crippen molar-refractivity contribution in [2.75, 3.05) is 7.05 Å². The summed E-state index contributed by atoms with van der Waals surface area (Å²) in [5, 5.41) is 4.37. The molecule has 0 saturated heterocycles. The summed E-state index contributed by atoms with van der Waals surface area (Å²) in [5.74, 6) is 0.467. The number of aryl methyl sites for hydroxylation is 1. The van der Waals surface area contributed by atoms with Gasteiger partial charge < -0.3 is 5.32 Å². The number of hydrogen-bond donors (Lipinski definition) is 1. The van der Waals surface area contributed by atoms with Gasteiger partial charge in [0.2, 0.25) is 0 Å². The van der Waals surface area contributed by atoms with E-state index in [1.807, 2.05) is 0 Å². The van der Waals surface area contributed by atoms with Crippen molar-refractivity contribution in [3.63, 3.8) is 0 Å². The molecule has 116 valence electrons. The minimum Gasteiger partial charge on any atom is -0.313 e. The number of nitrogens with one attached hydrogen (secondary N) is 1. The van der Waals surface area contributed by atoms with Crippen molar-refractivity contribution in [3.05, 3.63) is 69.7 Å². The van der Waals surface area contributed by atoms with Gasteiger partial charge in [0, 0.05) is 17.0 Å². The quantitative estimate of drug-likeness (QED) is 0.788. The molecule has 3 rings (SSSR count). The summed E-state index contributed by atoms with van der Waals surface area (Å²) in [5.41, 5.74) is 5.51. The third kappa shape index (κ3) is 2.93. The van der Waals surface area contributed by atoms with E-state index in [9.17, 15) is 0 Å². The van der Waals surface area contributed by atoms with Crippen molar-refractivity contribution < 1.29 is 0 Å². The lowest BCUT2D eigenvalue weighted by Gasteiger charge is -2.32. The number of hydrogen-bond acceptors (Lipinski definition) is 1. The molecule has 0 aliphatic heterocycles. The van der Waals surface area contributed by atoms with Crippen LogP contribution in [0.3, 0.4) is 0 Å². The van der Waals surface area contributed by atoms with Crippen molar-refractivity contribution >= 4 is 11.6 Å². The van der Waals surface area contributed by atoms with Gasteiger partial charge in [-0.15, -0.1) is 0 Å². The van der Waals surface area contributed by atoms with Gasteiger partial charge in [0.15, 0.2) is 0 Å². The molecule has 0 saturated carbocycles. The fraction of sp³-hybridized carbons (Fsp3) is 0.400. The van der Waals surface area contributed by atoms with Crippen LogP contribution in [0, 0.1) is 0 Å². The second-order valence-corrected chi connectivity index (χ2v) is 6.61. The Morgan fingerprint density at radius 1 is 1.09 bits per heavy atom. The minimum atomic E-state index is 0.467. The third-order valence-corrected chi connectivity index (χ3v) is 5.19. The van der Waals surface area contributed by atoms with Crippen LogP contribution in [-0.4, -0.2) is 7.05 Å². The molecular formula is C20H24ClN. The van der Waals surface area contributed by atoms with E-state index in [2.05, 4.69) is 61.8 Å². The first-order valence-corrected chi connectivity index (χ1v) is 8.66. The first-order valence-electron chi connectivity index (χ1n) is 8.29. The van der Waals surface area contributed by atoms with E-state index >= 15 is 0 Å². The second kappa shape index (κ2) is 6.85. The average Bonchev–Trinajstić information content (AvgIpc) is 2.56. The van der Waals surface area contributed by atoms with E-state index in [4.69, 9.17) is 11.6 Å². The molecule has 0 spiro atoms. The van der Waals surface area contributed by atoms with Gasteiger partial charge in [-0.1, -0.05) is 61.3 Å². The van der Waals surface area contributed by atoms with Crippen LogP contribution in [0.4, 0.5) is 0 Å². The topological polar surface area (TPSA) is 12.0 Å². The van der Waals surface area contributed by atoms with Crippen LogP contribution in [0.15, 0.2) is 42.5 Å². The Bertz CT molecular complexity index is 650. The van der Waals surface area contributed by atoms with Gasteiger partial charge in [-0.3, -0.25) is 0 Å². The molecule has 0 amide bonds. The first-order chi connectivity index (χ1) is 10.7. The van der Waals surface area contributed by atoms with Gasteiger partial charge in [-0.25, -0.2) is 0 Å². The van der Waals surface area contributed by atoms with Crippen LogP contribution in [0.25, 0.3) is 0 Å². The molecule has 2 aromatic rings. The van der Waals surface area contributed by atoms with E-state index in [0.717, 1.165) is 17.9 Å². The molecule has 0 aromatic heterocycles. The van der Waals surface area contributed by atoms with E-state index < -0.39 is 0 Å². The lowest BCUT2D eigenvalue weighted by Crippen LogP contribution is -2.24. The van der Waals surface area contributed by atoms with E-state index in [-0.39, 0.29) is 0 Å². The average molecular weight is 314 g/mol. The fourth-order valence-corrected chi connectivity index (χ4v) is 3.97. The highest BCUT2D eigenvalue weighted by Crippen LogP contribution is 2.41. The molecule has 1 aliphatic rings. The molecule has 1 nitrogen and oxygen atoms in total. The molecule has 2 heteroatoms. The molecule has 1 N–H and O–H groups in total. The van der Waals surface area contributed by atoms with Gasteiger partial charge in [0.25, 0.3) is 0 Å². The largest absolute Gasteiger partial charge is 0.313 e. The summed E-state index contributed by atoms with van der Waals surface area (Å²) >= 11 is 6.50. The van der Waals surface area contributed by atoms with Crippen LogP contribution in [0.2, 0.25) is 5.02 Å². The number of fused-ring (bicyclic) bond motifs is 1. The fourth-order valence-electron chi connectivity index (χ4n) is 3.69. The normalized spacial score (nSPS) is 20.7. The molecular weight excluding hydrogens is 290 g/mol. The smallest absolute Gasteiger partial charge is 0.0440 e. The molecule has 0 radical (unpaired) electrons. The highest BCUT2D eigenvalue weighted by Gasteiger charge is 2.27. The van der Waals surface area contributed by atoms with Crippen LogP contribution >= 0.6 is 11.6 Å². The highest BCUT2D eigenvalue weighted by molar-refractivity contribution is 6.31. The van der Waals surface area contributed by atoms with Crippen LogP contribution < -0.4 is 5.32 Å². The maximum Gasteiger partial charge on any atom is 0.0440 e. The zero-order valence-electron chi connectivity index (χ0n) is 13.4. The molecule has 1 aliphatic carbocycles. The molecule has 0 fully saturated rings. The zero-order chi connectivity index (χ0) is 15.5.